The van der Waals surface area contributed by atoms with Crippen LogP contribution in [0.25, 0.3) is 0 Å². The summed E-state index contributed by atoms with van der Waals surface area (Å²) in [6.07, 6.45) is 0.685. The van der Waals surface area contributed by atoms with Crippen LogP contribution in [0.3, 0.4) is 0 Å². The molecule has 0 radical (unpaired) electrons. The third kappa shape index (κ3) is 4.00. The predicted octanol–water partition coefficient (Wildman–Crippen LogP) is 3.81. The Kier molecular flexibility index (Phi) is 5.33. The van der Waals surface area contributed by atoms with Crippen LogP contribution in [-0.2, 0) is 9.84 Å². The highest BCUT2D eigenvalue weighted by Crippen LogP contribution is 2.30. The first-order valence-corrected chi connectivity index (χ1v) is 12.6. The Labute approximate surface area is 176 Å². The van der Waals surface area contributed by atoms with E-state index in [1.54, 1.807) is 11.8 Å². The summed E-state index contributed by atoms with van der Waals surface area (Å²) >= 11 is 1.63. The Morgan fingerprint density at radius 3 is 2.69 bits per heavy atom. The first kappa shape index (κ1) is 20.2. The summed E-state index contributed by atoms with van der Waals surface area (Å²) in [6, 6.07) is 8.26. The zero-order valence-electron chi connectivity index (χ0n) is 17.2. The smallest absolute Gasteiger partial charge is 0.182 e. The summed E-state index contributed by atoms with van der Waals surface area (Å²) in [4.78, 5) is 4.72. The molecular weight excluding hydrogens is 404 g/mol. The van der Waals surface area contributed by atoms with E-state index < -0.39 is 9.84 Å². The largest absolute Gasteiger partial charge is 0.344 e. The molecule has 0 aliphatic carbocycles. The van der Waals surface area contributed by atoms with E-state index in [9.17, 15) is 8.42 Å². The Balaban J connectivity index is 1.57. The maximum atomic E-state index is 11.9. The highest BCUT2D eigenvalue weighted by Gasteiger charge is 2.31. The number of sulfone groups is 1. The van der Waals surface area contributed by atoms with Gasteiger partial charge < -0.3 is 4.57 Å². The average molecular weight is 431 g/mol. The van der Waals surface area contributed by atoms with Gasteiger partial charge in [0.05, 0.1) is 22.9 Å². The molecule has 4 rings (SSSR count). The molecule has 1 fully saturated rings. The quantitative estimate of drug-likeness (QED) is 0.803. The fourth-order valence-corrected chi connectivity index (χ4v) is 6.55. The van der Waals surface area contributed by atoms with Crippen molar-refractivity contribution in [3.63, 3.8) is 0 Å². The van der Waals surface area contributed by atoms with E-state index in [4.69, 9.17) is 4.99 Å². The Bertz CT molecular complexity index is 1130. The molecular formula is C21H26N4O2S2. The van der Waals surface area contributed by atoms with Crippen molar-refractivity contribution in [2.24, 2.45) is 10.1 Å². The second-order valence-corrected chi connectivity index (χ2v) is 11.0. The van der Waals surface area contributed by atoms with E-state index in [2.05, 4.69) is 48.0 Å². The lowest BCUT2D eigenvalue weighted by atomic mass is 10.1. The molecule has 154 valence electrons. The molecule has 2 aliphatic rings. The van der Waals surface area contributed by atoms with Gasteiger partial charge in [0.15, 0.2) is 15.0 Å². The molecule has 6 nitrogen and oxygen atoms in total. The third-order valence-electron chi connectivity index (χ3n) is 5.80. The molecule has 2 aromatic rings. The topological polar surface area (TPSA) is 75.8 Å². The lowest BCUT2D eigenvalue weighted by Crippen LogP contribution is -2.25. The van der Waals surface area contributed by atoms with Gasteiger partial charge >= 0.3 is 0 Å². The summed E-state index contributed by atoms with van der Waals surface area (Å²) in [7, 11) is -2.92. The Hall–Kier alpha value is -2.06. The van der Waals surface area contributed by atoms with E-state index >= 15 is 0 Å². The Morgan fingerprint density at radius 1 is 1.24 bits per heavy atom. The summed E-state index contributed by atoms with van der Waals surface area (Å²) in [6.45, 7) is 8.26. The van der Waals surface area contributed by atoms with Crippen LogP contribution < -0.4 is 5.43 Å². The van der Waals surface area contributed by atoms with E-state index in [1.165, 1.54) is 11.1 Å². The fraction of sp³-hybridized carbons (Fsp3) is 0.429. The second kappa shape index (κ2) is 7.65. The molecule has 0 amide bonds. The van der Waals surface area contributed by atoms with Gasteiger partial charge in [0.25, 0.3) is 0 Å². The van der Waals surface area contributed by atoms with Crippen molar-refractivity contribution in [2.45, 2.75) is 40.2 Å². The Morgan fingerprint density at radius 2 is 2.03 bits per heavy atom. The van der Waals surface area contributed by atoms with Crippen molar-refractivity contribution < 1.29 is 8.42 Å². The number of amidine groups is 1. The molecule has 29 heavy (non-hydrogen) atoms. The molecule has 1 unspecified atom stereocenters. The van der Waals surface area contributed by atoms with Crippen LogP contribution in [-0.4, -0.2) is 41.1 Å². The van der Waals surface area contributed by atoms with Crippen molar-refractivity contribution in [2.75, 3.05) is 17.3 Å². The minimum absolute atomic E-state index is 0.0278. The average Bonchev–Trinajstić information content (AvgIpc) is 3.17. The van der Waals surface area contributed by atoms with Crippen LogP contribution in [0.15, 0.2) is 34.4 Å². The standard InChI is InChI=1S/C21H26N4O2S2/c1-13-6-5-7-19(15(13)3)22-21-24-23-20(11-28-21)18-10-14(2)25(16(18)4)17-8-9-29(26,27)12-17/h5-7,10,17H,8-9,11-12H2,1-4H3,(H,22,24). The molecule has 1 atom stereocenters. The van der Waals surface area contributed by atoms with Crippen molar-refractivity contribution >= 4 is 38.2 Å². The van der Waals surface area contributed by atoms with Crippen molar-refractivity contribution in [3.05, 3.63) is 52.3 Å². The van der Waals surface area contributed by atoms with E-state index in [1.807, 2.05) is 19.1 Å². The number of aromatic nitrogens is 1. The number of hydrogen-bond donors (Lipinski definition) is 1. The van der Waals surface area contributed by atoms with Crippen molar-refractivity contribution in [1.29, 1.82) is 0 Å². The molecule has 3 heterocycles. The number of rotatable bonds is 3. The van der Waals surface area contributed by atoms with Crippen LogP contribution in [0.2, 0.25) is 0 Å². The summed E-state index contributed by atoms with van der Waals surface area (Å²) in [5, 5.41) is 5.37. The first-order valence-electron chi connectivity index (χ1n) is 9.74. The lowest BCUT2D eigenvalue weighted by Gasteiger charge is -2.18. The maximum Gasteiger partial charge on any atom is 0.182 e. The predicted molar refractivity (Wildman–Crippen MR) is 121 cm³/mol. The fourth-order valence-electron chi connectivity index (χ4n) is 4.09. The van der Waals surface area contributed by atoms with Crippen LogP contribution >= 0.6 is 11.8 Å². The van der Waals surface area contributed by atoms with Crippen LogP contribution in [0, 0.1) is 27.7 Å². The first-order chi connectivity index (χ1) is 13.7. The van der Waals surface area contributed by atoms with Crippen LogP contribution in [0.4, 0.5) is 5.69 Å². The van der Waals surface area contributed by atoms with Gasteiger partial charge in [-0.2, -0.15) is 5.10 Å². The normalized spacial score (nSPS) is 22.6. The number of nitrogens with one attached hydrogen (secondary N) is 1. The van der Waals surface area contributed by atoms with Gasteiger partial charge in [-0.15, -0.1) is 0 Å². The van der Waals surface area contributed by atoms with Gasteiger partial charge in [-0.3, -0.25) is 5.43 Å². The van der Waals surface area contributed by atoms with Crippen LogP contribution in [0.1, 0.15) is 40.5 Å². The maximum absolute atomic E-state index is 11.9. The minimum Gasteiger partial charge on any atom is -0.344 e. The van der Waals surface area contributed by atoms with Crippen LogP contribution in [0.5, 0.6) is 0 Å². The lowest BCUT2D eigenvalue weighted by molar-refractivity contribution is 0.535. The van der Waals surface area contributed by atoms with Gasteiger partial charge in [0.1, 0.15) is 0 Å². The second-order valence-electron chi connectivity index (χ2n) is 7.81. The number of benzene rings is 1. The molecule has 2 aliphatic heterocycles. The number of aliphatic imine (C=N–C) groups is 1. The molecule has 0 spiro atoms. The van der Waals surface area contributed by atoms with Gasteiger partial charge in [0, 0.05) is 28.7 Å². The van der Waals surface area contributed by atoms with Gasteiger partial charge in [-0.05, 0) is 57.4 Å². The monoisotopic (exact) mass is 430 g/mol. The molecule has 1 saturated heterocycles. The van der Waals surface area contributed by atoms with Crippen molar-refractivity contribution in [3.8, 4) is 0 Å². The molecule has 1 N–H and O–H groups in total. The van der Waals surface area contributed by atoms with E-state index in [-0.39, 0.29) is 17.5 Å². The molecule has 0 bridgehead atoms. The SMILES string of the molecule is Cc1cccc(N=C2NN=C(c3cc(C)n(C4CCS(=O)(=O)C4)c3C)CS2)c1C. The number of hydrazone groups is 1. The van der Waals surface area contributed by atoms with Crippen molar-refractivity contribution in [1.82, 2.24) is 9.99 Å². The molecule has 1 aromatic heterocycles. The van der Waals surface area contributed by atoms with Gasteiger partial charge in [0.2, 0.25) is 0 Å². The zero-order valence-corrected chi connectivity index (χ0v) is 18.8. The van der Waals surface area contributed by atoms with Gasteiger partial charge in [-0.25, -0.2) is 13.4 Å². The molecule has 8 heteroatoms. The number of thioether (sulfide) groups is 1. The highest BCUT2D eigenvalue weighted by atomic mass is 32.2. The highest BCUT2D eigenvalue weighted by molar-refractivity contribution is 8.14. The zero-order chi connectivity index (χ0) is 20.8. The summed E-state index contributed by atoms with van der Waals surface area (Å²) in [5.41, 5.74) is 10.7. The number of hydrogen-bond acceptors (Lipinski definition) is 5. The number of nitrogens with zero attached hydrogens (tertiary/aromatic N) is 3. The third-order valence-corrected chi connectivity index (χ3v) is 8.42. The summed E-state index contributed by atoms with van der Waals surface area (Å²) in [5.74, 6) is 1.24. The molecule has 1 aromatic carbocycles. The minimum atomic E-state index is -2.92. The molecule has 0 saturated carbocycles. The van der Waals surface area contributed by atoms with E-state index in [0.717, 1.165) is 39.3 Å². The van der Waals surface area contributed by atoms with Gasteiger partial charge in [-0.1, -0.05) is 23.9 Å². The summed E-state index contributed by atoms with van der Waals surface area (Å²) < 4.78 is 26.0. The number of aryl methyl sites for hydroxylation is 2. The van der Waals surface area contributed by atoms with E-state index in [0.29, 0.717) is 6.42 Å².